The van der Waals surface area contributed by atoms with Crippen molar-refractivity contribution in [3.63, 3.8) is 0 Å². The largest absolute Gasteiger partial charge is 0.370 e. The van der Waals surface area contributed by atoms with E-state index >= 15 is 0 Å². The van der Waals surface area contributed by atoms with Gasteiger partial charge < -0.3 is 10.6 Å². The van der Waals surface area contributed by atoms with Crippen molar-refractivity contribution in [1.29, 1.82) is 0 Å². The van der Waals surface area contributed by atoms with E-state index in [2.05, 4.69) is 4.90 Å². The van der Waals surface area contributed by atoms with Crippen molar-refractivity contribution < 1.29 is 18.4 Å². The van der Waals surface area contributed by atoms with Gasteiger partial charge in [-0.05, 0) is 49.9 Å². The molecule has 0 aromatic heterocycles. The van der Waals surface area contributed by atoms with Crippen LogP contribution in [0.3, 0.4) is 0 Å². The summed E-state index contributed by atoms with van der Waals surface area (Å²) in [6.45, 7) is 2.30. The summed E-state index contributed by atoms with van der Waals surface area (Å²) in [4.78, 5) is 28.0. The number of likely N-dealkylation sites (tertiary alicyclic amines) is 1. The minimum absolute atomic E-state index is 0.0145. The summed E-state index contributed by atoms with van der Waals surface area (Å²) < 4.78 is 28.4. The number of carbonyl (C=O) groups excluding carboxylic acids is 2. The van der Waals surface area contributed by atoms with Crippen molar-refractivity contribution in [2.24, 2.45) is 11.7 Å². The Labute approximate surface area is 157 Å². The molecule has 0 unspecified atom stereocenters. The van der Waals surface area contributed by atoms with Crippen LogP contribution in [0.2, 0.25) is 0 Å². The number of piperidine rings is 3. The van der Waals surface area contributed by atoms with Gasteiger partial charge in [0.05, 0.1) is 6.04 Å². The third kappa shape index (κ3) is 3.22. The molecule has 5 rings (SSSR count). The van der Waals surface area contributed by atoms with Crippen molar-refractivity contribution in [1.82, 2.24) is 9.80 Å². The van der Waals surface area contributed by atoms with Crippen molar-refractivity contribution in [2.75, 3.05) is 19.6 Å². The minimum atomic E-state index is -0.841. The quantitative estimate of drug-likeness (QED) is 0.854. The van der Waals surface area contributed by atoms with E-state index in [4.69, 9.17) is 5.73 Å². The summed E-state index contributed by atoms with van der Waals surface area (Å²) in [6.07, 6.45) is 2.94. The molecule has 7 heteroatoms. The number of halogens is 2. The maximum atomic E-state index is 14.5. The number of rotatable bonds is 5. The van der Waals surface area contributed by atoms with E-state index in [1.807, 2.05) is 4.90 Å². The molecule has 2 amide bonds. The molecule has 3 atom stereocenters. The number of fused-ring (bicyclic) bond motifs is 2. The molecule has 1 aromatic rings. The Morgan fingerprint density at radius 2 is 1.85 bits per heavy atom. The molecule has 4 heterocycles. The fraction of sp³-hybridized carbons (Fsp3) is 0.600. The first-order valence-electron chi connectivity index (χ1n) is 9.73. The lowest BCUT2D eigenvalue weighted by Crippen LogP contribution is -2.60. The van der Waals surface area contributed by atoms with Crippen LogP contribution >= 0.6 is 0 Å². The van der Waals surface area contributed by atoms with E-state index in [1.54, 1.807) is 6.07 Å². The predicted octanol–water partition coefficient (Wildman–Crippen LogP) is 2.01. The Kier molecular flexibility index (Phi) is 4.88. The highest BCUT2D eigenvalue weighted by Crippen LogP contribution is 2.47. The molecular weight excluding hydrogens is 352 g/mol. The molecule has 4 fully saturated rings. The van der Waals surface area contributed by atoms with Crippen LogP contribution in [-0.4, -0.2) is 53.3 Å². The first kappa shape index (κ1) is 18.3. The summed E-state index contributed by atoms with van der Waals surface area (Å²) in [5.41, 5.74) is 5.53. The van der Waals surface area contributed by atoms with E-state index < -0.39 is 17.5 Å². The van der Waals surface area contributed by atoms with E-state index in [-0.39, 0.29) is 36.8 Å². The molecule has 27 heavy (non-hydrogen) atoms. The molecule has 4 aliphatic rings. The van der Waals surface area contributed by atoms with Gasteiger partial charge in [-0.3, -0.25) is 14.5 Å². The standard InChI is InChI=1S/C20H25F2N3O2/c21-15-4-1-3-13(18(15)22)14-11-25(17(27)6-2-5-16(23)26)19-12-7-9-24(10-8-12)20(14)19/h1,3-4,12,14,19-20H,2,5-11H2,(H2,23,26)/t14-,19+,20+/m1/s1. The highest BCUT2D eigenvalue weighted by molar-refractivity contribution is 5.79. The topological polar surface area (TPSA) is 66.6 Å². The number of benzene rings is 1. The number of nitrogens with two attached hydrogens (primary N) is 1. The van der Waals surface area contributed by atoms with Gasteiger partial charge in [0.25, 0.3) is 0 Å². The van der Waals surface area contributed by atoms with Gasteiger partial charge in [-0.25, -0.2) is 8.78 Å². The second-order valence-corrected chi connectivity index (χ2v) is 7.97. The highest BCUT2D eigenvalue weighted by Gasteiger charge is 2.54. The number of hydrogen-bond donors (Lipinski definition) is 1. The molecule has 5 nitrogen and oxygen atoms in total. The van der Waals surface area contributed by atoms with E-state index in [1.165, 1.54) is 6.07 Å². The van der Waals surface area contributed by atoms with Crippen LogP contribution in [0.1, 0.15) is 43.6 Å². The van der Waals surface area contributed by atoms with Crippen molar-refractivity contribution in [3.05, 3.63) is 35.4 Å². The van der Waals surface area contributed by atoms with Crippen LogP contribution in [0.15, 0.2) is 18.2 Å². The van der Waals surface area contributed by atoms with E-state index in [9.17, 15) is 18.4 Å². The van der Waals surface area contributed by atoms with E-state index in [0.717, 1.165) is 32.0 Å². The smallest absolute Gasteiger partial charge is 0.222 e. The van der Waals surface area contributed by atoms with Crippen LogP contribution in [0, 0.1) is 17.6 Å². The third-order valence-corrected chi connectivity index (χ3v) is 6.51. The summed E-state index contributed by atoms with van der Waals surface area (Å²) in [5.74, 6) is -1.89. The van der Waals surface area contributed by atoms with Gasteiger partial charge in [-0.2, -0.15) is 0 Å². The molecular formula is C20H25F2N3O2. The summed E-state index contributed by atoms with van der Waals surface area (Å²) in [6, 6.07) is 4.39. The zero-order valence-electron chi connectivity index (χ0n) is 15.2. The number of hydrogen-bond acceptors (Lipinski definition) is 3. The normalized spacial score (nSPS) is 31.8. The SMILES string of the molecule is NC(=O)CCCC(=O)N1C[C@H](c2cccc(F)c2F)[C@H]2[C@@H]1C1CCN2CC1. The van der Waals surface area contributed by atoms with Crippen LogP contribution in [0.25, 0.3) is 0 Å². The molecule has 2 N–H and O–H groups in total. The summed E-state index contributed by atoms with van der Waals surface area (Å²) in [7, 11) is 0. The summed E-state index contributed by atoms with van der Waals surface area (Å²) in [5, 5.41) is 0. The van der Waals surface area contributed by atoms with Crippen LogP contribution in [0.4, 0.5) is 8.78 Å². The first-order chi connectivity index (χ1) is 13.0. The highest BCUT2D eigenvalue weighted by atomic mass is 19.2. The molecule has 0 saturated carbocycles. The van der Waals surface area contributed by atoms with Crippen LogP contribution in [0.5, 0.6) is 0 Å². The van der Waals surface area contributed by atoms with E-state index in [0.29, 0.717) is 24.4 Å². The fourth-order valence-electron chi connectivity index (χ4n) is 5.34. The molecule has 146 valence electrons. The zero-order valence-corrected chi connectivity index (χ0v) is 15.2. The summed E-state index contributed by atoms with van der Waals surface area (Å²) >= 11 is 0. The lowest BCUT2D eigenvalue weighted by atomic mass is 9.75. The van der Waals surface area contributed by atoms with Gasteiger partial charge in [0.2, 0.25) is 11.8 Å². The number of nitrogens with zero attached hydrogens (tertiary/aromatic N) is 2. The maximum Gasteiger partial charge on any atom is 0.222 e. The van der Waals surface area contributed by atoms with Gasteiger partial charge in [-0.15, -0.1) is 0 Å². The second kappa shape index (κ2) is 7.19. The van der Waals surface area contributed by atoms with Gasteiger partial charge in [0.1, 0.15) is 0 Å². The lowest BCUT2D eigenvalue weighted by molar-refractivity contribution is -0.136. The zero-order chi connectivity index (χ0) is 19.1. The average Bonchev–Trinajstić information content (AvgIpc) is 3.07. The maximum absolute atomic E-state index is 14.5. The molecule has 0 aliphatic carbocycles. The molecule has 1 aromatic carbocycles. The molecule has 0 radical (unpaired) electrons. The predicted molar refractivity (Wildman–Crippen MR) is 95.7 cm³/mol. The first-order valence-corrected chi connectivity index (χ1v) is 9.73. The third-order valence-electron chi connectivity index (χ3n) is 6.51. The lowest BCUT2D eigenvalue weighted by Gasteiger charge is -2.51. The number of amides is 2. The van der Waals surface area contributed by atoms with Gasteiger partial charge >= 0.3 is 0 Å². The number of carbonyl (C=O) groups is 2. The Balaban J connectivity index is 1.61. The second-order valence-electron chi connectivity index (χ2n) is 7.97. The monoisotopic (exact) mass is 377 g/mol. The molecule has 0 spiro atoms. The fourth-order valence-corrected chi connectivity index (χ4v) is 5.34. The van der Waals surface area contributed by atoms with Gasteiger partial charge in [0, 0.05) is 31.3 Å². The van der Waals surface area contributed by atoms with Crippen molar-refractivity contribution in [2.45, 2.75) is 50.1 Å². The molecule has 4 aliphatic heterocycles. The average molecular weight is 377 g/mol. The molecule has 4 saturated heterocycles. The Morgan fingerprint density at radius 3 is 2.56 bits per heavy atom. The number of primary amides is 1. The molecule has 2 bridgehead atoms. The van der Waals surface area contributed by atoms with Crippen molar-refractivity contribution >= 4 is 11.8 Å². The van der Waals surface area contributed by atoms with Crippen LogP contribution in [-0.2, 0) is 9.59 Å². The van der Waals surface area contributed by atoms with Crippen molar-refractivity contribution in [3.8, 4) is 0 Å². The Hall–Kier alpha value is -2.02. The Bertz CT molecular complexity index is 749. The van der Waals surface area contributed by atoms with Crippen LogP contribution < -0.4 is 5.73 Å². The van der Waals surface area contributed by atoms with Gasteiger partial charge in [-0.1, -0.05) is 12.1 Å². The van der Waals surface area contributed by atoms with Gasteiger partial charge in [0.15, 0.2) is 11.6 Å². The minimum Gasteiger partial charge on any atom is -0.370 e. The Morgan fingerprint density at radius 1 is 1.11 bits per heavy atom.